The van der Waals surface area contributed by atoms with Gasteiger partial charge in [0.05, 0.1) is 0 Å². The number of aromatic hydroxyl groups is 2. The molecule has 142 valence electrons. The molecule has 1 aliphatic carbocycles. The third-order valence-electron chi connectivity index (χ3n) is 5.13. The SMILES string of the molecule is CC(/C=C/C(=O)N(c1ccccn1)C1CCCCC1)c1ccc(O)c(O)c1. The summed E-state index contributed by atoms with van der Waals surface area (Å²) in [5.41, 5.74) is 0.830. The second kappa shape index (κ2) is 8.71. The number of hydrogen-bond donors (Lipinski definition) is 2. The Balaban J connectivity index is 1.79. The van der Waals surface area contributed by atoms with Crippen LogP contribution in [0.3, 0.4) is 0 Å². The van der Waals surface area contributed by atoms with Crippen molar-refractivity contribution >= 4 is 11.7 Å². The zero-order valence-electron chi connectivity index (χ0n) is 15.6. The number of pyridine rings is 1. The first-order valence-corrected chi connectivity index (χ1v) is 9.50. The molecule has 1 atom stereocenters. The Hall–Kier alpha value is -2.82. The number of allylic oxidation sites excluding steroid dienone is 1. The molecular formula is C22H26N2O3. The van der Waals surface area contributed by atoms with Crippen LogP contribution in [0.2, 0.25) is 0 Å². The van der Waals surface area contributed by atoms with Gasteiger partial charge in [-0.3, -0.25) is 9.69 Å². The molecule has 3 rings (SSSR count). The smallest absolute Gasteiger partial charge is 0.252 e. The lowest BCUT2D eigenvalue weighted by Gasteiger charge is -2.33. The molecule has 0 saturated heterocycles. The first-order valence-electron chi connectivity index (χ1n) is 9.50. The summed E-state index contributed by atoms with van der Waals surface area (Å²) in [6.45, 7) is 1.95. The Morgan fingerprint density at radius 1 is 1.15 bits per heavy atom. The molecule has 1 saturated carbocycles. The third kappa shape index (κ3) is 4.67. The van der Waals surface area contributed by atoms with Crippen LogP contribution in [-0.2, 0) is 4.79 Å². The summed E-state index contributed by atoms with van der Waals surface area (Å²) >= 11 is 0. The maximum Gasteiger partial charge on any atom is 0.252 e. The number of aromatic nitrogens is 1. The van der Waals surface area contributed by atoms with Gasteiger partial charge in [-0.05, 0) is 48.6 Å². The molecule has 1 unspecified atom stereocenters. The Morgan fingerprint density at radius 2 is 1.93 bits per heavy atom. The van der Waals surface area contributed by atoms with Gasteiger partial charge in [0.1, 0.15) is 5.82 Å². The number of carbonyl (C=O) groups excluding carboxylic acids is 1. The fourth-order valence-electron chi connectivity index (χ4n) is 3.56. The highest BCUT2D eigenvalue weighted by Crippen LogP contribution is 2.30. The van der Waals surface area contributed by atoms with Gasteiger partial charge in [0.25, 0.3) is 5.91 Å². The van der Waals surface area contributed by atoms with Crippen LogP contribution in [0.4, 0.5) is 5.82 Å². The van der Waals surface area contributed by atoms with Crippen molar-refractivity contribution in [2.75, 3.05) is 4.90 Å². The predicted molar refractivity (Wildman–Crippen MR) is 106 cm³/mol. The van der Waals surface area contributed by atoms with E-state index in [1.54, 1.807) is 18.3 Å². The van der Waals surface area contributed by atoms with Crippen molar-refractivity contribution in [2.24, 2.45) is 0 Å². The Kier molecular flexibility index (Phi) is 6.12. The van der Waals surface area contributed by atoms with Gasteiger partial charge in [-0.25, -0.2) is 4.98 Å². The lowest BCUT2D eigenvalue weighted by Crippen LogP contribution is -2.41. The maximum absolute atomic E-state index is 13.0. The molecule has 1 aromatic carbocycles. The summed E-state index contributed by atoms with van der Waals surface area (Å²) in [5, 5.41) is 19.1. The number of nitrogens with zero attached hydrogens (tertiary/aromatic N) is 2. The van der Waals surface area contributed by atoms with Gasteiger partial charge in [0.2, 0.25) is 0 Å². The van der Waals surface area contributed by atoms with Gasteiger partial charge in [0.15, 0.2) is 11.5 Å². The van der Waals surface area contributed by atoms with Crippen molar-refractivity contribution < 1.29 is 15.0 Å². The summed E-state index contributed by atoms with van der Waals surface area (Å²) in [6.07, 6.45) is 10.6. The van der Waals surface area contributed by atoms with Gasteiger partial charge < -0.3 is 10.2 Å². The van der Waals surface area contributed by atoms with Crippen LogP contribution in [-0.4, -0.2) is 27.1 Å². The minimum atomic E-state index is -0.156. The molecule has 0 aliphatic heterocycles. The number of hydrogen-bond acceptors (Lipinski definition) is 4. The largest absolute Gasteiger partial charge is 0.504 e. The number of carbonyl (C=O) groups is 1. The van der Waals surface area contributed by atoms with E-state index >= 15 is 0 Å². The zero-order valence-corrected chi connectivity index (χ0v) is 15.6. The maximum atomic E-state index is 13.0. The first kappa shape index (κ1) is 19.0. The number of anilines is 1. The number of phenolic OH excluding ortho intramolecular Hbond substituents is 2. The van der Waals surface area contributed by atoms with Gasteiger partial charge in [0, 0.05) is 18.3 Å². The Labute approximate surface area is 160 Å². The van der Waals surface area contributed by atoms with Crippen molar-refractivity contribution in [2.45, 2.75) is 51.0 Å². The van der Waals surface area contributed by atoms with Gasteiger partial charge in [-0.1, -0.05) is 44.4 Å². The van der Waals surface area contributed by atoms with Gasteiger partial charge >= 0.3 is 0 Å². The van der Waals surface area contributed by atoms with E-state index in [2.05, 4.69) is 4.98 Å². The van der Waals surface area contributed by atoms with E-state index in [0.29, 0.717) is 5.82 Å². The molecule has 2 N–H and O–H groups in total. The van der Waals surface area contributed by atoms with Crippen molar-refractivity contribution in [1.29, 1.82) is 0 Å². The molecule has 0 bridgehead atoms. The van der Waals surface area contributed by atoms with Crippen LogP contribution in [0.25, 0.3) is 0 Å². The molecule has 1 aliphatic rings. The molecule has 0 radical (unpaired) electrons. The van der Waals surface area contributed by atoms with E-state index in [9.17, 15) is 15.0 Å². The van der Waals surface area contributed by atoms with E-state index in [-0.39, 0.29) is 29.4 Å². The fourth-order valence-corrected chi connectivity index (χ4v) is 3.56. The van der Waals surface area contributed by atoms with Crippen molar-refractivity contribution in [3.05, 3.63) is 60.3 Å². The lowest BCUT2D eigenvalue weighted by molar-refractivity contribution is -0.114. The molecule has 1 fully saturated rings. The van der Waals surface area contributed by atoms with Crippen LogP contribution >= 0.6 is 0 Å². The Morgan fingerprint density at radius 3 is 2.59 bits per heavy atom. The summed E-state index contributed by atoms with van der Waals surface area (Å²) in [4.78, 5) is 19.2. The van der Waals surface area contributed by atoms with Gasteiger partial charge in [-0.15, -0.1) is 0 Å². The number of rotatable bonds is 5. The standard InChI is InChI=1S/C22H26N2O3/c1-16(17-11-12-19(25)20(26)15-17)10-13-22(27)24(18-7-3-2-4-8-18)21-9-5-6-14-23-21/h5-6,9-16,18,25-26H,2-4,7-8H2,1H3/b13-10+. The van der Waals surface area contributed by atoms with Crippen LogP contribution < -0.4 is 4.90 Å². The first-order chi connectivity index (χ1) is 13.1. The van der Waals surface area contributed by atoms with Crippen LogP contribution in [0, 0.1) is 0 Å². The molecule has 5 nitrogen and oxygen atoms in total. The summed E-state index contributed by atoms with van der Waals surface area (Å²) in [6, 6.07) is 10.5. The van der Waals surface area contributed by atoms with Crippen LogP contribution in [0.1, 0.15) is 50.5 Å². The summed E-state index contributed by atoms with van der Waals surface area (Å²) in [7, 11) is 0. The summed E-state index contributed by atoms with van der Waals surface area (Å²) < 4.78 is 0. The normalized spacial score (nSPS) is 16.3. The minimum Gasteiger partial charge on any atom is -0.504 e. The van der Waals surface area contributed by atoms with Gasteiger partial charge in [-0.2, -0.15) is 0 Å². The molecule has 27 heavy (non-hydrogen) atoms. The number of benzene rings is 1. The topological polar surface area (TPSA) is 73.7 Å². The van der Waals surface area contributed by atoms with E-state index in [4.69, 9.17) is 0 Å². The van der Waals surface area contributed by atoms with Crippen molar-refractivity contribution in [3.8, 4) is 11.5 Å². The highest BCUT2D eigenvalue weighted by molar-refractivity contribution is 6.01. The van der Waals surface area contributed by atoms with Crippen LogP contribution in [0.15, 0.2) is 54.7 Å². The molecule has 0 spiro atoms. The average Bonchev–Trinajstić information content (AvgIpc) is 2.70. The third-order valence-corrected chi connectivity index (χ3v) is 5.13. The lowest BCUT2D eigenvalue weighted by atomic mass is 9.94. The monoisotopic (exact) mass is 366 g/mol. The van der Waals surface area contributed by atoms with E-state index < -0.39 is 0 Å². The number of phenols is 2. The van der Waals surface area contributed by atoms with E-state index in [0.717, 1.165) is 31.2 Å². The highest BCUT2D eigenvalue weighted by atomic mass is 16.3. The van der Waals surface area contributed by atoms with E-state index in [1.165, 1.54) is 18.6 Å². The van der Waals surface area contributed by atoms with Crippen molar-refractivity contribution in [3.63, 3.8) is 0 Å². The molecule has 1 aromatic heterocycles. The summed E-state index contributed by atoms with van der Waals surface area (Å²) in [5.74, 6) is 0.239. The molecule has 1 amide bonds. The second-order valence-corrected chi connectivity index (χ2v) is 7.08. The van der Waals surface area contributed by atoms with Crippen molar-refractivity contribution in [1.82, 2.24) is 4.98 Å². The Bertz CT molecular complexity index is 798. The zero-order chi connectivity index (χ0) is 19.2. The molecule has 5 heteroatoms. The average molecular weight is 366 g/mol. The quantitative estimate of drug-likeness (QED) is 0.603. The molecular weight excluding hydrogens is 340 g/mol. The number of amides is 1. The molecule has 1 heterocycles. The minimum absolute atomic E-state index is 0.0719. The highest BCUT2D eigenvalue weighted by Gasteiger charge is 2.26. The fraction of sp³-hybridized carbons (Fsp3) is 0.364. The predicted octanol–water partition coefficient (Wildman–Crippen LogP) is 4.52. The van der Waals surface area contributed by atoms with E-state index in [1.807, 2.05) is 36.1 Å². The van der Waals surface area contributed by atoms with Crippen LogP contribution in [0.5, 0.6) is 11.5 Å². The molecule has 2 aromatic rings. The second-order valence-electron chi connectivity index (χ2n) is 7.08.